The van der Waals surface area contributed by atoms with Crippen LogP contribution in [0.3, 0.4) is 0 Å². The smallest absolute Gasteiger partial charge is 0.258 e. The van der Waals surface area contributed by atoms with Gasteiger partial charge in [0.2, 0.25) is 5.95 Å². The summed E-state index contributed by atoms with van der Waals surface area (Å²) in [4.78, 5) is 20.6. The zero-order valence-electron chi connectivity index (χ0n) is 13.9. The summed E-state index contributed by atoms with van der Waals surface area (Å²) in [5.41, 5.74) is 2.16. The van der Waals surface area contributed by atoms with Crippen LogP contribution >= 0.6 is 0 Å². The zero-order chi connectivity index (χ0) is 18.4. The summed E-state index contributed by atoms with van der Waals surface area (Å²) in [5.74, 6) is 0.682. The molecule has 0 aliphatic heterocycles. The van der Waals surface area contributed by atoms with E-state index in [1.54, 1.807) is 31.4 Å². The van der Waals surface area contributed by atoms with Gasteiger partial charge >= 0.3 is 0 Å². The van der Waals surface area contributed by atoms with Gasteiger partial charge in [0, 0.05) is 18.1 Å². The van der Waals surface area contributed by atoms with Crippen LogP contribution in [0.2, 0.25) is 0 Å². The van der Waals surface area contributed by atoms with Gasteiger partial charge in [-0.25, -0.2) is 9.97 Å². The third kappa shape index (κ3) is 3.94. The van der Waals surface area contributed by atoms with Crippen molar-refractivity contribution in [3.05, 3.63) is 72.1 Å². The Balaban J connectivity index is 1.68. The number of ether oxygens (including phenoxy) is 1. The molecular formula is C19H15N5O2. The van der Waals surface area contributed by atoms with Crippen LogP contribution in [-0.2, 0) is 0 Å². The fourth-order valence-corrected chi connectivity index (χ4v) is 2.21. The number of carbonyl (C=O) groups is 1. The topological polar surface area (TPSA) is 99.9 Å². The first-order valence-electron chi connectivity index (χ1n) is 7.73. The SMILES string of the molecule is COc1ccccc1Nc1ncc(C(=O)Nc2ccc(C#N)cc2)cn1. The van der Waals surface area contributed by atoms with Crippen LogP contribution in [0.4, 0.5) is 17.3 Å². The maximum Gasteiger partial charge on any atom is 0.258 e. The number of nitrogens with one attached hydrogen (secondary N) is 2. The third-order valence-corrected chi connectivity index (χ3v) is 3.54. The van der Waals surface area contributed by atoms with E-state index in [9.17, 15) is 4.79 Å². The number of nitrogens with zero attached hydrogens (tertiary/aromatic N) is 3. The Kier molecular flexibility index (Phi) is 5.05. The predicted molar refractivity (Wildman–Crippen MR) is 97.4 cm³/mol. The number of nitriles is 1. The highest BCUT2D eigenvalue weighted by Crippen LogP contribution is 2.25. The summed E-state index contributed by atoms with van der Waals surface area (Å²) in [6.45, 7) is 0. The van der Waals surface area contributed by atoms with Gasteiger partial charge in [0.1, 0.15) is 5.75 Å². The summed E-state index contributed by atoms with van der Waals surface area (Å²) in [6.07, 6.45) is 2.87. The Morgan fingerprint density at radius 2 is 1.77 bits per heavy atom. The minimum Gasteiger partial charge on any atom is -0.495 e. The first-order valence-corrected chi connectivity index (χ1v) is 7.73. The van der Waals surface area contributed by atoms with Crippen LogP contribution in [-0.4, -0.2) is 23.0 Å². The molecule has 1 aromatic heterocycles. The average molecular weight is 345 g/mol. The van der Waals surface area contributed by atoms with Crippen molar-refractivity contribution in [3.8, 4) is 11.8 Å². The van der Waals surface area contributed by atoms with Crippen LogP contribution in [0.5, 0.6) is 5.75 Å². The molecule has 0 fully saturated rings. The van der Waals surface area contributed by atoms with Crippen molar-refractivity contribution in [2.24, 2.45) is 0 Å². The molecule has 26 heavy (non-hydrogen) atoms. The Hall–Kier alpha value is -3.92. The number of methoxy groups -OCH3 is 1. The summed E-state index contributed by atoms with van der Waals surface area (Å²) in [7, 11) is 1.58. The fourth-order valence-electron chi connectivity index (χ4n) is 2.21. The van der Waals surface area contributed by atoms with Crippen molar-refractivity contribution in [3.63, 3.8) is 0 Å². The van der Waals surface area contributed by atoms with Crippen molar-refractivity contribution >= 4 is 23.2 Å². The molecule has 1 amide bonds. The molecule has 7 nitrogen and oxygen atoms in total. The minimum absolute atomic E-state index is 0.319. The van der Waals surface area contributed by atoms with Gasteiger partial charge in [0.05, 0.1) is 30.0 Å². The van der Waals surface area contributed by atoms with E-state index >= 15 is 0 Å². The lowest BCUT2D eigenvalue weighted by Gasteiger charge is -2.10. The van der Waals surface area contributed by atoms with Gasteiger partial charge in [-0.15, -0.1) is 0 Å². The van der Waals surface area contributed by atoms with Crippen LogP contribution in [0.15, 0.2) is 60.9 Å². The number of hydrogen-bond donors (Lipinski definition) is 2. The van der Waals surface area contributed by atoms with Gasteiger partial charge in [0.25, 0.3) is 5.91 Å². The first-order chi connectivity index (χ1) is 12.7. The minimum atomic E-state index is -0.335. The molecular weight excluding hydrogens is 330 g/mol. The molecule has 3 rings (SSSR count). The molecule has 0 saturated heterocycles. The lowest BCUT2D eigenvalue weighted by molar-refractivity contribution is 0.102. The third-order valence-electron chi connectivity index (χ3n) is 3.54. The van der Waals surface area contributed by atoms with Crippen molar-refractivity contribution in [2.75, 3.05) is 17.7 Å². The van der Waals surface area contributed by atoms with Crippen molar-refractivity contribution < 1.29 is 9.53 Å². The molecule has 0 bridgehead atoms. The van der Waals surface area contributed by atoms with Gasteiger partial charge in [-0.2, -0.15) is 5.26 Å². The van der Waals surface area contributed by atoms with Gasteiger partial charge < -0.3 is 15.4 Å². The number of amides is 1. The quantitative estimate of drug-likeness (QED) is 0.735. The summed E-state index contributed by atoms with van der Waals surface area (Å²) < 4.78 is 5.26. The highest BCUT2D eigenvalue weighted by molar-refractivity contribution is 6.03. The van der Waals surface area contributed by atoms with Crippen LogP contribution in [0.1, 0.15) is 15.9 Å². The summed E-state index contributed by atoms with van der Waals surface area (Å²) in [6, 6.07) is 16.0. The van der Waals surface area contributed by atoms with E-state index in [4.69, 9.17) is 10.00 Å². The molecule has 0 atom stereocenters. The molecule has 0 aliphatic carbocycles. The highest BCUT2D eigenvalue weighted by Gasteiger charge is 2.09. The lowest BCUT2D eigenvalue weighted by Crippen LogP contribution is -2.13. The molecule has 0 unspecified atom stereocenters. The van der Waals surface area contributed by atoms with Crippen molar-refractivity contribution in [1.82, 2.24) is 9.97 Å². The molecule has 3 aromatic rings. The average Bonchev–Trinajstić information content (AvgIpc) is 2.69. The van der Waals surface area contributed by atoms with E-state index in [0.717, 1.165) is 5.69 Å². The zero-order valence-corrected chi connectivity index (χ0v) is 13.9. The maximum atomic E-state index is 12.2. The Morgan fingerprint density at radius 3 is 2.42 bits per heavy atom. The van der Waals surface area contributed by atoms with E-state index in [0.29, 0.717) is 28.5 Å². The summed E-state index contributed by atoms with van der Waals surface area (Å²) >= 11 is 0. The van der Waals surface area contributed by atoms with E-state index in [2.05, 4.69) is 20.6 Å². The monoisotopic (exact) mass is 345 g/mol. The van der Waals surface area contributed by atoms with Crippen LogP contribution < -0.4 is 15.4 Å². The Labute approximate surface area is 150 Å². The Bertz CT molecular complexity index is 947. The highest BCUT2D eigenvalue weighted by atomic mass is 16.5. The molecule has 2 aromatic carbocycles. The number of anilines is 3. The molecule has 0 radical (unpaired) electrons. The molecule has 0 aliphatic rings. The molecule has 0 spiro atoms. The van der Waals surface area contributed by atoms with Crippen LogP contribution in [0.25, 0.3) is 0 Å². The number of aromatic nitrogens is 2. The second kappa shape index (κ2) is 7.77. The molecule has 2 N–H and O–H groups in total. The van der Waals surface area contributed by atoms with Gasteiger partial charge in [0.15, 0.2) is 0 Å². The number of para-hydroxylation sites is 2. The van der Waals surface area contributed by atoms with Gasteiger partial charge in [-0.3, -0.25) is 4.79 Å². The van der Waals surface area contributed by atoms with Gasteiger partial charge in [-0.05, 0) is 36.4 Å². The number of hydrogen-bond acceptors (Lipinski definition) is 6. The van der Waals surface area contributed by atoms with Crippen molar-refractivity contribution in [2.45, 2.75) is 0 Å². The second-order valence-corrected chi connectivity index (χ2v) is 5.26. The number of rotatable bonds is 5. The Morgan fingerprint density at radius 1 is 1.08 bits per heavy atom. The van der Waals surface area contributed by atoms with Crippen molar-refractivity contribution in [1.29, 1.82) is 5.26 Å². The molecule has 7 heteroatoms. The molecule has 1 heterocycles. The standard InChI is InChI=1S/C19H15N5O2/c1-26-17-5-3-2-4-16(17)24-19-21-11-14(12-22-19)18(25)23-15-8-6-13(10-20)7-9-15/h2-9,11-12H,1H3,(H,23,25)(H,21,22,24). The van der Waals surface area contributed by atoms with E-state index < -0.39 is 0 Å². The number of carbonyl (C=O) groups excluding carboxylic acids is 1. The fraction of sp³-hybridized carbons (Fsp3) is 0.0526. The first kappa shape index (κ1) is 16.9. The second-order valence-electron chi connectivity index (χ2n) is 5.26. The van der Waals surface area contributed by atoms with E-state index in [-0.39, 0.29) is 5.91 Å². The number of benzene rings is 2. The molecule has 0 saturated carbocycles. The van der Waals surface area contributed by atoms with Crippen LogP contribution in [0, 0.1) is 11.3 Å². The normalized spacial score (nSPS) is 9.85. The lowest BCUT2D eigenvalue weighted by atomic mass is 10.2. The van der Waals surface area contributed by atoms with E-state index in [1.165, 1.54) is 12.4 Å². The van der Waals surface area contributed by atoms with E-state index in [1.807, 2.05) is 30.3 Å². The van der Waals surface area contributed by atoms with Gasteiger partial charge in [-0.1, -0.05) is 12.1 Å². The maximum absolute atomic E-state index is 12.2. The molecule has 128 valence electrons. The largest absolute Gasteiger partial charge is 0.495 e. The summed E-state index contributed by atoms with van der Waals surface area (Å²) in [5, 5.41) is 14.6. The predicted octanol–water partition coefficient (Wildman–Crippen LogP) is 3.35.